The first-order chi connectivity index (χ1) is 6.33. The number of allylic oxidation sites excluding steroid dienone is 1. The average Bonchev–Trinajstić information content (AvgIpc) is 2.09. The number of aliphatic hydroxyl groups is 1. The van der Waals surface area contributed by atoms with E-state index in [1.165, 1.54) is 6.08 Å². The summed E-state index contributed by atoms with van der Waals surface area (Å²) in [7, 11) is 0. The van der Waals surface area contributed by atoms with Crippen LogP contribution in [-0.2, 0) is 9.53 Å². The highest BCUT2D eigenvalue weighted by molar-refractivity contribution is 5.82. The number of carbonyl (C=O) groups excluding carboxylic acids is 1. The van der Waals surface area contributed by atoms with Crippen LogP contribution in [0.25, 0.3) is 0 Å². The van der Waals surface area contributed by atoms with Gasteiger partial charge in [-0.3, -0.25) is 0 Å². The molecule has 3 heteroatoms. The van der Waals surface area contributed by atoms with Crippen molar-refractivity contribution in [2.24, 2.45) is 0 Å². The Morgan fingerprint density at radius 1 is 1.62 bits per heavy atom. The summed E-state index contributed by atoms with van der Waals surface area (Å²) in [4.78, 5) is 11.0. The Morgan fingerprint density at radius 3 is 3.23 bits per heavy atom. The molecule has 0 aromatic rings. The van der Waals surface area contributed by atoms with Crippen LogP contribution in [0.15, 0.2) is 12.2 Å². The zero-order valence-electron chi connectivity index (χ0n) is 7.74. The molecule has 0 radical (unpaired) electrons. The molecule has 0 saturated heterocycles. The highest BCUT2D eigenvalue weighted by Gasteiger charge is 2.13. The molecule has 13 heavy (non-hydrogen) atoms. The van der Waals surface area contributed by atoms with Gasteiger partial charge in [-0.15, -0.1) is 0 Å². The van der Waals surface area contributed by atoms with Crippen molar-refractivity contribution in [3.8, 4) is 0 Å². The van der Waals surface area contributed by atoms with Crippen LogP contribution >= 0.6 is 0 Å². The Balaban J connectivity index is 2.36. The molecule has 0 saturated carbocycles. The lowest BCUT2D eigenvalue weighted by atomic mass is 10.1. The molecule has 0 spiro atoms. The highest BCUT2D eigenvalue weighted by atomic mass is 16.5. The third kappa shape index (κ3) is 4.08. The quantitative estimate of drug-likeness (QED) is 0.674. The van der Waals surface area contributed by atoms with Gasteiger partial charge >= 0.3 is 5.97 Å². The maximum absolute atomic E-state index is 11.0. The first kappa shape index (κ1) is 10.3. The van der Waals surface area contributed by atoms with E-state index in [9.17, 15) is 4.79 Å². The third-order valence-electron chi connectivity index (χ3n) is 2.12. The van der Waals surface area contributed by atoms with Crippen molar-refractivity contribution in [2.45, 2.75) is 38.2 Å². The Hall–Kier alpha value is -0.830. The maximum Gasteiger partial charge on any atom is 0.330 e. The second-order valence-corrected chi connectivity index (χ2v) is 3.26. The number of cyclic esters (lactones) is 1. The summed E-state index contributed by atoms with van der Waals surface area (Å²) in [5.74, 6) is -0.248. The van der Waals surface area contributed by atoms with Crippen LogP contribution in [0.5, 0.6) is 0 Å². The number of esters is 1. The molecule has 1 aliphatic heterocycles. The van der Waals surface area contributed by atoms with Gasteiger partial charge in [0.15, 0.2) is 0 Å². The van der Waals surface area contributed by atoms with E-state index in [2.05, 4.69) is 0 Å². The smallest absolute Gasteiger partial charge is 0.330 e. The van der Waals surface area contributed by atoms with Gasteiger partial charge in [0.2, 0.25) is 0 Å². The van der Waals surface area contributed by atoms with Crippen molar-refractivity contribution >= 4 is 5.97 Å². The highest BCUT2D eigenvalue weighted by Crippen LogP contribution is 2.14. The fourth-order valence-electron chi connectivity index (χ4n) is 1.43. The second kappa shape index (κ2) is 5.75. The van der Waals surface area contributed by atoms with Crippen LogP contribution < -0.4 is 0 Å². The topological polar surface area (TPSA) is 46.5 Å². The molecule has 1 heterocycles. The predicted octanol–water partition coefficient (Wildman–Crippen LogP) is 1.41. The maximum atomic E-state index is 11.0. The molecule has 1 atom stereocenters. The van der Waals surface area contributed by atoms with E-state index in [1.54, 1.807) is 0 Å². The molecule has 0 amide bonds. The Kier molecular flexibility index (Phi) is 4.54. The van der Waals surface area contributed by atoms with Gasteiger partial charge in [0.1, 0.15) is 6.10 Å². The Bertz CT molecular complexity index is 187. The summed E-state index contributed by atoms with van der Waals surface area (Å²) in [5.41, 5.74) is 0. The molecule has 1 unspecified atom stereocenters. The number of hydrogen-bond donors (Lipinski definition) is 1. The summed E-state index contributed by atoms with van der Waals surface area (Å²) >= 11 is 0. The molecule has 0 aliphatic carbocycles. The van der Waals surface area contributed by atoms with Crippen LogP contribution in [0.4, 0.5) is 0 Å². The van der Waals surface area contributed by atoms with Gasteiger partial charge in [0.25, 0.3) is 0 Å². The summed E-state index contributed by atoms with van der Waals surface area (Å²) < 4.78 is 5.16. The van der Waals surface area contributed by atoms with Crippen molar-refractivity contribution in [1.82, 2.24) is 0 Å². The molecule has 0 aromatic carbocycles. The predicted molar refractivity (Wildman–Crippen MR) is 49.2 cm³/mol. The van der Waals surface area contributed by atoms with E-state index in [-0.39, 0.29) is 18.7 Å². The Labute approximate surface area is 78.4 Å². The summed E-state index contributed by atoms with van der Waals surface area (Å²) in [6.07, 6.45) is 7.75. The average molecular weight is 184 g/mol. The molecule has 0 bridgehead atoms. The number of carbonyl (C=O) groups is 1. The van der Waals surface area contributed by atoms with Gasteiger partial charge in [0, 0.05) is 12.7 Å². The van der Waals surface area contributed by atoms with Crippen molar-refractivity contribution in [3.63, 3.8) is 0 Å². The first-order valence-corrected chi connectivity index (χ1v) is 4.81. The van der Waals surface area contributed by atoms with Gasteiger partial charge < -0.3 is 9.84 Å². The first-order valence-electron chi connectivity index (χ1n) is 4.81. The zero-order valence-corrected chi connectivity index (χ0v) is 7.74. The minimum absolute atomic E-state index is 0.00426. The Morgan fingerprint density at radius 2 is 2.46 bits per heavy atom. The molecule has 74 valence electrons. The summed E-state index contributed by atoms with van der Waals surface area (Å²) in [5, 5.41) is 8.63. The number of hydrogen-bond acceptors (Lipinski definition) is 3. The van der Waals surface area contributed by atoms with Crippen LogP contribution in [0.3, 0.4) is 0 Å². The lowest BCUT2D eigenvalue weighted by Crippen LogP contribution is -2.18. The molecule has 0 fully saturated rings. The van der Waals surface area contributed by atoms with Crippen molar-refractivity contribution in [3.05, 3.63) is 12.2 Å². The standard InChI is InChI=1S/C10H16O3/c11-8-4-6-9-5-2-1-3-7-10(12)13-9/h3,7,9,11H,1-2,4-6,8H2. The minimum atomic E-state index is -0.248. The van der Waals surface area contributed by atoms with Gasteiger partial charge in [-0.05, 0) is 32.1 Å². The van der Waals surface area contributed by atoms with Crippen molar-refractivity contribution < 1.29 is 14.6 Å². The van der Waals surface area contributed by atoms with Crippen molar-refractivity contribution in [2.75, 3.05) is 6.61 Å². The number of ether oxygens (including phenoxy) is 1. The molecule has 1 aliphatic rings. The second-order valence-electron chi connectivity index (χ2n) is 3.26. The monoisotopic (exact) mass is 184 g/mol. The number of aliphatic hydroxyl groups excluding tert-OH is 1. The van der Waals surface area contributed by atoms with E-state index in [0.29, 0.717) is 6.42 Å². The molecular formula is C10H16O3. The lowest BCUT2D eigenvalue weighted by molar-refractivity contribution is -0.144. The van der Waals surface area contributed by atoms with E-state index in [4.69, 9.17) is 9.84 Å². The normalized spacial score (nSPS) is 23.5. The fourth-order valence-corrected chi connectivity index (χ4v) is 1.43. The van der Waals surface area contributed by atoms with Gasteiger partial charge in [-0.25, -0.2) is 4.79 Å². The van der Waals surface area contributed by atoms with E-state index < -0.39 is 0 Å². The van der Waals surface area contributed by atoms with E-state index in [1.807, 2.05) is 6.08 Å². The minimum Gasteiger partial charge on any atom is -0.459 e. The van der Waals surface area contributed by atoms with Crippen molar-refractivity contribution in [1.29, 1.82) is 0 Å². The third-order valence-corrected chi connectivity index (χ3v) is 2.12. The molecular weight excluding hydrogens is 168 g/mol. The van der Waals surface area contributed by atoms with Crippen LogP contribution in [0.2, 0.25) is 0 Å². The fraction of sp³-hybridized carbons (Fsp3) is 0.700. The number of rotatable bonds is 3. The SMILES string of the molecule is O=C1C=CCCCC(CCCO)O1. The lowest BCUT2D eigenvalue weighted by Gasteiger charge is -2.17. The van der Waals surface area contributed by atoms with E-state index >= 15 is 0 Å². The zero-order chi connectivity index (χ0) is 9.52. The summed E-state index contributed by atoms with van der Waals surface area (Å²) in [6.45, 7) is 0.171. The molecule has 1 rings (SSSR count). The molecule has 0 aromatic heterocycles. The molecule has 1 N–H and O–H groups in total. The van der Waals surface area contributed by atoms with E-state index in [0.717, 1.165) is 25.7 Å². The van der Waals surface area contributed by atoms with Crippen LogP contribution in [0, 0.1) is 0 Å². The largest absolute Gasteiger partial charge is 0.459 e. The van der Waals surface area contributed by atoms with Gasteiger partial charge in [-0.2, -0.15) is 0 Å². The van der Waals surface area contributed by atoms with Crippen LogP contribution in [0.1, 0.15) is 32.1 Å². The molecule has 3 nitrogen and oxygen atoms in total. The van der Waals surface area contributed by atoms with Gasteiger partial charge in [-0.1, -0.05) is 6.08 Å². The van der Waals surface area contributed by atoms with Crippen LogP contribution in [-0.4, -0.2) is 23.8 Å². The summed E-state index contributed by atoms with van der Waals surface area (Å²) in [6, 6.07) is 0. The van der Waals surface area contributed by atoms with Gasteiger partial charge in [0.05, 0.1) is 0 Å².